The lowest BCUT2D eigenvalue weighted by molar-refractivity contribution is -0.121. The smallest absolute Gasteiger partial charge is 0.220 e. The van der Waals surface area contributed by atoms with E-state index in [4.69, 9.17) is 14.8 Å². The lowest BCUT2D eigenvalue weighted by Gasteiger charge is -2.06. The fourth-order valence-corrected chi connectivity index (χ4v) is 3.33. The van der Waals surface area contributed by atoms with Gasteiger partial charge in [0.25, 0.3) is 0 Å². The second-order valence-electron chi connectivity index (χ2n) is 6.92. The number of hydrogen-bond acceptors (Lipinski definition) is 4. The van der Waals surface area contributed by atoms with Crippen molar-refractivity contribution in [3.05, 3.63) is 41.9 Å². The Balaban J connectivity index is 1.66. The van der Waals surface area contributed by atoms with Crippen molar-refractivity contribution in [1.82, 2.24) is 24.6 Å². The molecule has 1 N–H and O–H groups in total. The van der Waals surface area contributed by atoms with Crippen molar-refractivity contribution in [2.45, 2.75) is 46.6 Å². The first-order chi connectivity index (χ1) is 13.6. The van der Waals surface area contributed by atoms with Gasteiger partial charge in [0.2, 0.25) is 5.91 Å². The summed E-state index contributed by atoms with van der Waals surface area (Å²) in [6.45, 7) is 8.76. The molecule has 0 saturated carbocycles. The van der Waals surface area contributed by atoms with Gasteiger partial charge in [-0.05, 0) is 57.4 Å². The van der Waals surface area contributed by atoms with Crippen LogP contribution in [0.2, 0.25) is 0 Å². The zero-order valence-corrected chi connectivity index (χ0v) is 16.9. The molecule has 0 aliphatic heterocycles. The number of fused-ring (bicyclic) bond motifs is 1. The van der Waals surface area contributed by atoms with Crippen molar-refractivity contribution in [2.75, 3.05) is 19.8 Å². The van der Waals surface area contributed by atoms with Gasteiger partial charge in [0.05, 0.1) is 5.39 Å². The molecule has 3 aromatic rings. The number of aryl methyl sites for hydroxylation is 3. The molecule has 0 unspecified atom stereocenters. The highest BCUT2D eigenvalue weighted by Crippen LogP contribution is 2.25. The maximum atomic E-state index is 12.0. The van der Waals surface area contributed by atoms with E-state index in [2.05, 4.69) is 18.3 Å². The van der Waals surface area contributed by atoms with E-state index in [9.17, 15) is 4.79 Å². The van der Waals surface area contributed by atoms with Crippen LogP contribution in [0.3, 0.4) is 0 Å². The van der Waals surface area contributed by atoms with Crippen molar-refractivity contribution >= 4 is 16.9 Å². The molecule has 0 spiro atoms. The molecule has 7 nitrogen and oxygen atoms in total. The second-order valence-corrected chi connectivity index (χ2v) is 6.92. The normalized spacial score (nSPS) is 11.2. The number of carbonyl (C=O) groups excluding carboxylic acids is 1. The molecule has 3 heterocycles. The number of pyridine rings is 1. The van der Waals surface area contributed by atoms with Gasteiger partial charge < -0.3 is 14.6 Å². The third kappa shape index (κ3) is 4.78. The summed E-state index contributed by atoms with van der Waals surface area (Å²) in [6.07, 6.45) is 6.00. The molecule has 28 heavy (non-hydrogen) atoms. The summed E-state index contributed by atoms with van der Waals surface area (Å²) < 4.78 is 9.21. The molecule has 0 radical (unpaired) electrons. The van der Waals surface area contributed by atoms with Gasteiger partial charge >= 0.3 is 0 Å². The molecule has 0 aliphatic rings. The first kappa shape index (κ1) is 20.1. The molecule has 0 aromatic carbocycles. The Morgan fingerprint density at radius 2 is 2.00 bits per heavy atom. The van der Waals surface area contributed by atoms with Gasteiger partial charge in [-0.25, -0.2) is 9.67 Å². The maximum absolute atomic E-state index is 12.0. The van der Waals surface area contributed by atoms with Crippen LogP contribution in [-0.2, 0) is 16.1 Å². The minimum atomic E-state index is 0.0684. The van der Waals surface area contributed by atoms with Gasteiger partial charge in [0, 0.05) is 50.8 Å². The summed E-state index contributed by atoms with van der Waals surface area (Å²) in [5.74, 6) is 0.948. The summed E-state index contributed by atoms with van der Waals surface area (Å²) in [5.41, 5.74) is 3.00. The lowest BCUT2D eigenvalue weighted by Crippen LogP contribution is -2.25. The molecule has 3 aromatic heterocycles. The summed E-state index contributed by atoms with van der Waals surface area (Å²) in [5, 5.41) is 8.80. The van der Waals surface area contributed by atoms with Gasteiger partial charge in [0.1, 0.15) is 0 Å². The van der Waals surface area contributed by atoms with Gasteiger partial charge in [0.15, 0.2) is 11.5 Å². The van der Waals surface area contributed by atoms with E-state index in [0.717, 1.165) is 34.5 Å². The Labute approximate surface area is 165 Å². The number of ether oxygens (including phenoxy) is 1. The Hall–Kier alpha value is -2.67. The number of aromatic nitrogens is 4. The van der Waals surface area contributed by atoms with Gasteiger partial charge in [-0.3, -0.25) is 4.79 Å². The highest BCUT2D eigenvalue weighted by atomic mass is 16.5. The zero-order chi connectivity index (χ0) is 19.9. The van der Waals surface area contributed by atoms with Crippen molar-refractivity contribution in [1.29, 1.82) is 0 Å². The second kappa shape index (κ2) is 9.50. The molecule has 7 heteroatoms. The third-order valence-corrected chi connectivity index (χ3v) is 4.62. The molecule has 0 atom stereocenters. The summed E-state index contributed by atoms with van der Waals surface area (Å²) in [4.78, 5) is 16.7. The quantitative estimate of drug-likeness (QED) is 0.546. The van der Waals surface area contributed by atoms with Crippen LogP contribution in [0.5, 0.6) is 0 Å². The average molecular weight is 383 g/mol. The summed E-state index contributed by atoms with van der Waals surface area (Å²) in [6, 6.07) is 6.05. The van der Waals surface area contributed by atoms with Crippen molar-refractivity contribution < 1.29 is 9.53 Å². The number of rotatable bonds is 10. The van der Waals surface area contributed by atoms with E-state index in [0.29, 0.717) is 39.1 Å². The third-order valence-electron chi connectivity index (χ3n) is 4.62. The highest BCUT2D eigenvalue weighted by Gasteiger charge is 2.16. The van der Waals surface area contributed by atoms with Crippen LogP contribution in [0.25, 0.3) is 16.9 Å². The number of nitrogens with one attached hydrogen (secondary N) is 1. The van der Waals surface area contributed by atoms with Crippen LogP contribution in [0.1, 0.15) is 37.4 Å². The number of amides is 1. The van der Waals surface area contributed by atoms with Gasteiger partial charge in [-0.1, -0.05) is 0 Å². The molecule has 3 rings (SSSR count). The standard InChI is InChI=1S/C21H29N5O2/c1-4-28-14-8-10-22-18(27)9-7-13-26-20-19(16(2)15-17(3)23-20)21(24-26)25-11-5-6-12-25/h5-6,11-12,15H,4,7-10,13-14H2,1-3H3,(H,22,27). The monoisotopic (exact) mass is 383 g/mol. The molecular formula is C21H29N5O2. The summed E-state index contributed by atoms with van der Waals surface area (Å²) >= 11 is 0. The van der Waals surface area contributed by atoms with Crippen molar-refractivity contribution in [3.8, 4) is 5.82 Å². The van der Waals surface area contributed by atoms with Gasteiger partial charge in [-0.15, -0.1) is 0 Å². The molecule has 0 bridgehead atoms. The first-order valence-electron chi connectivity index (χ1n) is 9.92. The molecular weight excluding hydrogens is 354 g/mol. The van der Waals surface area contributed by atoms with Crippen LogP contribution >= 0.6 is 0 Å². The van der Waals surface area contributed by atoms with Crippen molar-refractivity contribution in [3.63, 3.8) is 0 Å². The van der Waals surface area contributed by atoms with E-state index in [1.807, 2.05) is 47.6 Å². The van der Waals surface area contributed by atoms with E-state index in [-0.39, 0.29) is 5.91 Å². The Bertz CT molecular complexity index is 915. The predicted octanol–water partition coefficient (Wildman–Crippen LogP) is 3.16. The topological polar surface area (TPSA) is 74.0 Å². The van der Waals surface area contributed by atoms with Gasteiger partial charge in [-0.2, -0.15) is 5.10 Å². The first-order valence-corrected chi connectivity index (χ1v) is 9.92. The largest absolute Gasteiger partial charge is 0.382 e. The Morgan fingerprint density at radius 1 is 1.21 bits per heavy atom. The molecule has 150 valence electrons. The van der Waals surface area contributed by atoms with Crippen LogP contribution in [-0.4, -0.2) is 45.0 Å². The fourth-order valence-electron chi connectivity index (χ4n) is 3.33. The molecule has 0 fully saturated rings. The number of carbonyl (C=O) groups is 1. The average Bonchev–Trinajstić information content (AvgIpc) is 3.30. The van der Waals surface area contributed by atoms with E-state index in [1.165, 1.54) is 0 Å². The highest BCUT2D eigenvalue weighted by molar-refractivity contribution is 5.87. The van der Waals surface area contributed by atoms with E-state index >= 15 is 0 Å². The van der Waals surface area contributed by atoms with Crippen molar-refractivity contribution in [2.24, 2.45) is 0 Å². The van der Waals surface area contributed by atoms with Crippen LogP contribution < -0.4 is 5.32 Å². The van der Waals surface area contributed by atoms with E-state index < -0.39 is 0 Å². The Kier molecular flexibility index (Phi) is 6.81. The van der Waals surface area contributed by atoms with E-state index in [1.54, 1.807) is 0 Å². The number of hydrogen-bond donors (Lipinski definition) is 1. The minimum absolute atomic E-state index is 0.0684. The molecule has 0 saturated heterocycles. The van der Waals surface area contributed by atoms with Crippen LogP contribution in [0, 0.1) is 13.8 Å². The number of nitrogens with zero attached hydrogens (tertiary/aromatic N) is 4. The minimum Gasteiger partial charge on any atom is -0.382 e. The Morgan fingerprint density at radius 3 is 2.75 bits per heavy atom. The lowest BCUT2D eigenvalue weighted by atomic mass is 10.2. The van der Waals surface area contributed by atoms with Crippen LogP contribution in [0.15, 0.2) is 30.6 Å². The fraction of sp³-hybridized carbons (Fsp3) is 0.476. The summed E-state index contributed by atoms with van der Waals surface area (Å²) in [7, 11) is 0. The predicted molar refractivity (Wildman–Crippen MR) is 110 cm³/mol. The SMILES string of the molecule is CCOCCCNC(=O)CCCn1nc(-n2cccc2)c2c(C)cc(C)nc21. The molecule has 1 amide bonds. The van der Waals surface area contributed by atoms with Crippen LogP contribution in [0.4, 0.5) is 0 Å². The zero-order valence-electron chi connectivity index (χ0n) is 16.9. The molecule has 0 aliphatic carbocycles. The maximum Gasteiger partial charge on any atom is 0.220 e.